The van der Waals surface area contributed by atoms with Gasteiger partial charge < -0.3 is 14.8 Å². The molecule has 6 heteroatoms. The van der Waals surface area contributed by atoms with Crippen LogP contribution in [0, 0.1) is 5.92 Å². The number of benzene rings is 1. The van der Waals surface area contributed by atoms with Crippen molar-refractivity contribution in [3.8, 4) is 5.75 Å². The average molecular weight is 346 g/mol. The maximum absolute atomic E-state index is 12.5. The van der Waals surface area contributed by atoms with Gasteiger partial charge in [-0.1, -0.05) is 12.8 Å². The third-order valence-corrected chi connectivity index (χ3v) is 5.39. The Kier molecular flexibility index (Phi) is 5.58. The minimum Gasteiger partial charge on any atom is -0.497 e. The lowest BCUT2D eigenvalue weighted by Gasteiger charge is -2.32. The van der Waals surface area contributed by atoms with Gasteiger partial charge in [-0.25, -0.2) is 0 Å². The highest BCUT2D eigenvalue weighted by Crippen LogP contribution is 2.39. The molecule has 1 N–H and O–H groups in total. The van der Waals surface area contributed by atoms with Gasteiger partial charge in [0, 0.05) is 11.7 Å². The number of rotatable bonds is 5. The third-order valence-electron chi connectivity index (χ3n) is 5.39. The first-order valence-corrected chi connectivity index (χ1v) is 8.90. The molecule has 2 fully saturated rings. The Morgan fingerprint density at radius 3 is 2.56 bits per heavy atom. The maximum atomic E-state index is 12.5. The van der Waals surface area contributed by atoms with Gasteiger partial charge in [0.05, 0.1) is 20.8 Å². The summed E-state index contributed by atoms with van der Waals surface area (Å²) in [5.74, 6) is 0.900. The predicted octanol–water partition coefficient (Wildman–Crippen LogP) is 2.44. The normalized spacial score (nSPS) is 25.9. The van der Waals surface area contributed by atoms with E-state index in [1.54, 1.807) is 19.2 Å². The molecule has 3 atom stereocenters. The topological polar surface area (TPSA) is 67.9 Å². The van der Waals surface area contributed by atoms with E-state index in [0.717, 1.165) is 37.1 Å². The van der Waals surface area contributed by atoms with Gasteiger partial charge in [-0.2, -0.15) is 0 Å². The van der Waals surface area contributed by atoms with Crippen LogP contribution in [0.5, 0.6) is 5.75 Å². The number of carbonyl (C=O) groups excluding carboxylic acids is 2. The number of fused-ring (bicyclic) bond motifs is 1. The molecule has 1 aromatic rings. The fourth-order valence-electron chi connectivity index (χ4n) is 4.19. The number of anilines is 1. The van der Waals surface area contributed by atoms with Crippen molar-refractivity contribution in [2.75, 3.05) is 26.1 Å². The smallest absolute Gasteiger partial charge is 0.323 e. The molecule has 0 bridgehead atoms. The third kappa shape index (κ3) is 3.95. The van der Waals surface area contributed by atoms with Crippen molar-refractivity contribution in [3.63, 3.8) is 0 Å². The number of methoxy groups -OCH3 is 2. The van der Waals surface area contributed by atoms with Crippen LogP contribution in [0.2, 0.25) is 0 Å². The number of amides is 1. The Morgan fingerprint density at radius 1 is 1.16 bits per heavy atom. The van der Waals surface area contributed by atoms with E-state index in [2.05, 4.69) is 10.2 Å². The van der Waals surface area contributed by atoms with Crippen molar-refractivity contribution in [2.24, 2.45) is 5.92 Å². The fourth-order valence-corrected chi connectivity index (χ4v) is 4.19. The van der Waals surface area contributed by atoms with Crippen LogP contribution in [-0.4, -0.2) is 49.6 Å². The molecule has 6 nitrogen and oxygen atoms in total. The summed E-state index contributed by atoms with van der Waals surface area (Å²) in [7, 11) is 3.02. The molecule has 1 saturated carbocycles. The highest BCUT2D eigenvalue weighted by Gasteiger charge is 2.46. The molecule has 2 aliphatic rings. The van der Waals surface area contributed by atoms with Crippen LogP contribution >= 0.6 is 0 Å². The van der Waals surface area contributed by atoms with E-state index in [1.165, 1.54) is 13.5 Å². The highest BCUT2D eigenvalue weighted by molar-refractivity contribution is 5.92. The number of nitrogens with zero attached hydrogens (tertiary/aromatic N) is 1. The molecule has 25 heavy (non-hydrogen) atoms. The van der Waals surface area contributed by atoms with Gasteiger partial charge in [0.15, 0.2) is 0 Å². The molecule has 1 aliphatic heterocycles. The lowest BCUT2D eigenvalue weighted by atomic mass is 9.85. The first-order chi connectivity index (χ1) is 12.1. The van der Waals surface area contributed by atoms with Crippen LogP contribution in [0.3, 0.4) is 0 Å². The summed E-state index contributed by atoms with van der Waals surface area (Å²) < 4.78 is 10.1. The molecule has 136 valence electrons. The fraction of sp³-hybridized carbons (Fsp3) is 0.579. The Balaban J connectivity index is 1.66. The summed E-state index contributed by atoms with van der Waals surface area (Å²) in [5, 5.41) is 2.90. The van der Waals surface area contributed by atoms with E-state index >= 15 is 0 Å². The summed E-state index contributed by atoms with van der Waals surface area (Å²) in [6.07, 6.45) is 5.35. The number of hydrogen-bond acceptors (Lipinski definition) is 5. The summed E-state index contributed by atoms with van der Waals surface area (Å²) in [6, 6.07) is 7.23. The Hall–Kier alpha value is -2.08. The molecular weight excluding hydrogens is 320 g/mol. The van der Waals surface area contributed by atoms with E-state index < -0.39 is 0 Å². The van der Waals surface area contributed by atoms with Crippen LogP contribution in [-0.2, 0) is 14.3 Å². The van der Waals surface area contributed by atoms with Crippen molar-refractivity contribution in [1.82, 2.24) is 4.90 Å². The first-order valence-electron chi connectivity index (χ1n) is 8.90. The van der Waals surface area contributed by atoms with E-state index in [-0.39, 0.29) is 24.5 Å². The summed E-state index contributed by atoms with van der Waals surface area (Å²) in [6.45, 7) is 0.215. The molecule has 0 spiro atoms. The summed E-state index contributed by atoms with van der Waals surface area (Å²) >= 11 is 0. The molecule has 0 unspecified atom stereocenters. The summed E-state index contributed by atoms with van der Waals surface area (Å²) in [5.41, 5.74) is 0.722. The van der Waals surface area contributed by atoms with Gasteiger partial charge >= 0.3 is 5.97 Å². The van der Waals surface area contributed by atoms with Gasteiger partial charge in [-0.05, 0) is 49.4 Å². The minimum atomic E-state index is -0.306. The molecule has 1 aliphatic carbocycles. The van der Waals surface area contributed by atoms with Crippen molar-refractivity contribution in [1.29, 1.82) is 0 Å². The predicted molar refractivity (Wildman–Crippen MR) is 94.5 cm³/mol. The zero-order chi connectivity index (χ0) is 17.8. The lowest BCUT2D eigenvalue weighted by molar-refractivity contribution is -0.146. The number of ether oxygens (including phenoxy) is 2. The SMILES string of the molecule is COC(=O)[C@@H]1C[C@@H]2CCCC[C@H]2N1CC(=O)Nc1ccc(OC)cc1. The second-order valence-electron chi connectivity index (χ2n) is 6.84. The number of likely N-dealkylation sites (tertiary alicyclic amines) is 1. The number of carbonyl (C=O) groups is 2. The largest absolute Gasteiger partial charge is 0.497 e. The molecule has 3 rings (SSSR count). The minimum absolute atomic E-state index is 0.106. The number of nitrogens with one attached hydrogen (secondary N) is 1. The van der Waals surface area contributed by atoms with Crippen molar-refractivity contribution >= 4 is 17.6 Å². The van der Waals surface area contributed by atoms with Crippen LogP contribution < -0.4 is 10.1 Å². The molecule has 0 aromatic heterocycles. The molecule has 1 heterocycles. The van der Waals surface area contributed by atoms with Crippen LogP contribution in [0.25, 0.3) is 0 Å². The lowest BCUT2D eigenvalue weighted by Crippen LogP contribution is -2.46. The molecule has 1 saturated heterocycles. The summed E-state index contributed by atoms with van der Waals surface area (Å²) in [4.78, 5) is 26.7. The van der Waals surface area contributed by atoms with E-state index in [0.29, 0.717) is 12.0 Å². The van der Waals surface area contributed by atoms with E-state index in [9.17, 15) is 9.59 Å². The first kappa shape index (κ1) is 17.7. The zero-order valence-electron chi connectivity index (χ0n) is 14.9. The molecular formula is C19H26N2O4. The van der Waals surface area contributed by atoms with Crippen molar-refractivity contribution < 1.29 is 19.1 Å². The second-order valence-corrected chi connectivity index (χ2v) is 6.84. The Morgan fingerprint density at radius 2 is 1.88 bits per heavy atom. The van der Waals surface area contributed by atoms with E-state index in [4.69, 9.17) is 9.47 Å². The molecule has 1 amide bonds. The Labute approximate surface area is 148 Å². The second kappa shape index (κ2) is 7.87. The van der Waals surface area contributed by atoms with Gasteiger partial charge in [0.2, 0.25) is 5.91 Å². The quantitative estimate of drug-likeness (QED) is 0.830. The van der Waals surface area contributed by atoms with Crippen molar-refractivity contribution in [2.45, 2.75) is 44.2 Å². The van der Waals surface area contributed by atoms with Crippen LogP contribution in [0.1, 0.15) is 32.1 Å². The van der Waals surface area contributed by atoms with Gasteiger partial charge in [0.1, 0.15) is 11.8 Å². The maximum Gasteiger partial charge on any atom is 0.323 e. The van der Waals surface area contributed by atoms with E-state index in [1.807, 2.05) is 12.1 Å². The standard InChI is InChI=1S/C19H26N2O4/c1-24-15-9-7-14(8-10-15)20-18(22)12-21-16-6-4-3-5-13(16)11-17(21)19(23)25-2/h7-10,13,16-17H,3-6,11-12H2,1-2H3,(H,20,22)/t13-,16+,17-/m0/s1. The average Bonchev–Trinajstić information content (AvgIpc) is 3.00. The molecule has 1 aromatic carbocycles. The van der Waals surface area contributed by atoms with Crippen molar-refractivity contribution in [3.05, 3.63) is 24.3 Å². The number of hydrogen-bond donors (Lipinski definition) is 1. The zero-order valence-corrected chi connectivity index (χ0v) is 14.9. The van der Waals surface area contributed by atoms with Crippen LogP contribution in [0.4, 0.5) is 5.69 Å². The van der Waals surface area contributed by atoms with Gasteiger partial charge in [-0.15, -0.1) is 0 Å². The Bertz CT molecular complexity index is 616. The molecule has 0 radical (unpaired) electrons. The van der Waals surface area contributed by atoms with Gasteiger partial charge in [0.25, 0.3) is 0 Å². The highest BCUT2D eigenvalue weighted by atomic mass is 16.5. The van der Waals surface area contributed by atoms with Gasteiger partial charge in [-0.3, -0.25) is 14.5 Å². The number of esters is 1. The monoisotopic (exact) mass is 346 g/mol. The van der Waals surface area contributed by atoms with Crippen LogP contribution in [0.15, 0.2) is 24.3 Å².